The molecule has 2 aromatic rings. The Labute approximate surface area is 147 Å². The zero-order chi connectivity index (χ0) is 18.3. The second kappa shape index (κ2) is 6.31. The van der Waals surface area contributed by atoms with Crippen LogP contribution in [0.5, 0.6) is 0 Å². The molecule has 0 atom stereocenters. The standard InChI is InChI=1S/C20H22N2O3/c1-12-9-13(2)20(15(4)23)14(3)18(12)11-21-8-7-16-10-17(22(24)25)5-6-19(16)21/h5-6,9-10H,7-8,11H2,1-4H3. The number of nitro benzene ring substituents is 1. The Hall–Kier alpha value is -2.69. The van der Waals surface area contributed by atoms with E-state index in [1.54, 1.807) is 19.1 Å². The molecule has 0 spiro atoms. The molecular formula is C20H22N2O3. The lowest BCUT2D eigenvalue weighted by atomic mass is 9.91. The summed E-state index contributed by atoms with van der Waals surface area (Å²) in [5.41, 5.74) is 7.42. The lowest BCUT2D eigenvalue weighted by Gasteiger charge is -2.23. The molecule has 1 aliphatic rings. The normalized spacial score (nSPS) is 13.0. The Morgan fingerprint density at radius 3 is 2.56 bits per heavy atom. The lowest BCUT2D eigenvalue weighted by molar-refractivity contribution is -0.384. The van der Waals surface area contributed by atoms with Crippen LogP contribution >= 0.6 is 0 Å². The van der Waals surface area contributed by atoms with E-state index >= 15 is 0 Å². The van der Waals surface area contributed by atoms with Crippen LogP contribution in [0.4, 0.5) is 11.4 Å². The summed E-state index contributed by atoms with van der Waals surface area (Å²) in [6.07, 6.45) is 0.806. The van der Waals surface area contributed by atoms with Crippen LogP contribution < -0.4 is 4.90 Å². The van der Waals surface area contributed by atoms with Gasteiger partial charge in [-0.25, -0.2) is 0 Å². The maximum absolute atomic E-state index is 12.0. The van der Waals surface area contributed by atoms with Crippen LogP contribution in [0.3, 0.4) is 0 Å². The summed E-state index contributed by atoms with van der Waals surface area (Å²) < 4.78 is 0. The van der Waals surface area contributed by atoms with Crippen molar-refractivity contribution < 1.29 is 9.72 Å². The molecule has 1 aliphatic heterocycles. The fourth-order valence-corrected chi connectivity index (χ4v) is 3.94. The number of nitrogens with zero attached hydrogens (tertiary/aromatic N) is 2. The average molecular weight is 338 g/mol. The van der Waals surface area contributed by atoms with E-state index in [9.17, 15) is 14.9 Å². The maximum Gasteiger partial charge on any atom is 0.269 e. The number of Topliss-reactive ketones (excluding diaryl/α,β-unsaturated/α-hetero) is 1. The van der Waals surface area contributed by atoms with Gasteiger partial charge in [0.25, 0.3) is 5.69 Å². The van der Waals surface area contributed by atoms with Crippen LogP contribution in [-0.4, -0.2) is 17.3 Å². The van der Waals surface area contributed by atoms with Crippen molar-refractivity contribution in [1.82, 2.24) is 0 Å². The van der Waals surface area contributed by atoms with Crippen molar-refractivity contribution in [3.8, 4) is 0 Å². The molecule has 0 unspecified atom stereocenters. The Morgan fingerprint density at radius 1 is 1.20 bits per heavy atom. The second-order valence-corrected chi connectivity index (χ2v) is 6.79. The SMILES string of the molecule is CC(=O)c1c(C)cc(C)c(CN2CCc3cc([N+](=O)[O-])ccc32)c1C. The number of ketones is 1. The quantitative estimate of drug-likeness (QED) is 0.474. The van der Waals surface area contributed by atoms with Crippen LogP contribution in [0, 0.1) is 30.9 Å². The Bertz CT molecular complexity index is 887. The minimum absolute atomic E-state index is 0.0914. The first-order valence-corrected chi connectivity index (χ1v) is 8.42. The van der Waals surface area contributed by atoms with Crippen molar-refractivity contribution in [1.29, 1.82) is 0 Å². The molecule has 0 N–H and O–H groups in total. The summed E-state index contributed by atoms with van der Waals surface area (Å²) in [5.74, 6) is 0.0914. The number of rotatable bonds is 4. The molecule has 5 heteroatoms. The van der Waals surface area contributed by atoms with Crippen molar-refractivity contribution in [2.24, 2.45) is 0 Å². The van der Waals surface area contributed by atoms with Crippen molar-refractivity contribution in [2.45, 2.75) is 40.7 Å². The number of benzene rings is 2. The minimum atomic E-state index is -0.351. The van der Waals surface area contributed by atoms with Crippen molar-refractivity contribution in [3.63, 3.8) is 0 Å². The van der Waals surface area contributed by atoms with Gasteiger partial charge in [0, 0.05) is 36.5 Å². The fourth-order valence-electron chi connectivity index (χ4n) is 3.94. The van der Waals surface area contributed by atoms with E-state index < -0.39 is 0 Å². The van der Waals surface area contributed by atoms with E-state index in [0.29, 0.717) is 6.54 Å². The first kappa shape index (κ1) is 17.1. The van der Waals surface area contributed by atoms with Gasteiger partial charge in [0.05, 0.1) is 4.92 Å². The van der Waals surface area contributed by atoms with Gasteiger partial charge in [-0.15, -0.1) is 0 Å². The molecule has 25 heavy (non-hydrogen) atoms. The van der Waals surface area contributed by atoms with Crippen molar-refractivity contribution in [2.75, 3.05) is 11.4 Å². The number of non-ortho nitro benzene ring substituents is 1. The molecule has 0 bridgehead atoms. The van der Waals surface area contributed by atoms with Crippen LogP contribution in [-0.2, 0) is 13.0 Å². The molecule has 5 nitrogen and oxygen atoms in total. The van der Waals surface area contributed by atoms with E-state index in [4.69, 9.17) is 0 Å². The highest BCUT2D eigenvalue weighted by molar-refractivity contribution is 5.97. The number of hydrogen-bond donors (Lipinski definition) is 0. The second-order valence-electron chi connectivity index (χ2n) is 6.79. The van der Waals surface area contributed by atoms with Crippen LogP contribution in [0.2, 0.25) is 0 Å². The minimum Gasteiger partial charge on any atom is -0.367 e. The highest BCUT2D eigenvalue weighted by Crippen LogP contribution is 2.34. The smallest absolute Gasteiger partial charge is 0.269 e. The largest absolute Gasteiger partial charge is 0.367 e. The Kier molecular flexibility index (Phi) is 4.33. The molecule has 0 saturated heterocycles. The van der Waals surface area contributed by atoms with Gasteiger partial charge < -0.3 is 4.90 Å². The summed E-state index contributed by atoms with van der Waals surface area (Å²) in [5, 5.41) is 11.0. The number of carbonyl (C=O) groups is 1. The van der Waals surface area contributed by atoms with Crippen LogP contribution in [0.1, 0.15) is 45.1 Å². The number of anilines is 1. The first-order chi connectivity index (χ1) is 11.8. The third-order valence-corrected chi connectivity index (χ3v) is 5.10. The highest BCUT2D eigenvalue weighted by Gasteiger charge is 2.24. The van der Waals surface area contributed by atoms with E-state index in [1.165, 1.54) is 11.1 Å². The summed E-state index contributed by atoms with van der Waals surface area (Å²) in [4.78, 5) is 24.9. The van der Waals surface area contributed by atoms with E-state index in [-0.39, 0.29) is 16.4 Å². The number of fused-ring (bicyclic) bond motifs is 1. The van der Waals surface area contributed by atoms with Crippen molar-refractivity contribution >= 4 is 17.2 Å². The Balaban J connectivity index is 1.97. The predicted octanol–water partition coefficient (Wildman–Crippen LogP) is 4.29. The third-order valence-electron chi connectivity index (χ3n) is 5.10. The molecule has 0 radical (unpaired) electrons. The molecule has 0 saturated carbocycles. The van der Waals surface area contributed by atoms with Gasteiger partial charge in [0.2, 0.25) is 0 Å². The average Bonchev–Trinajstić information content (AvgIpc) is 2.92. The van der Waals surface area contributed by atoms with Gasteiger partial charge in [-0.3, -0.25) is 14.9 Å². The molecule has 0 fully saturated rings. The Morgan fingerprint density at radius 2 is 1.92 bits per heavy atom. The van der Waals surface area contributed by atoms with Gasteiger partial charge in [0.15, 0.2) is 5.78 Å². The summed E-state index contributed by atoms with van der Waals surface area (Å²) in [6.45, 7) is 9.22. The van der Waals surface area contributed by atoms with E-state index in [0.717, 1.165) is 40.9 Å². The molecule has 2 aromatic carbocycles. The summed E-state index contributed by atoms with van der Waals surface area (Å²) in [6, 6.07) is 7.15. The highest BCUT2D eigenvalue weighted by atomic mass is 16.6. The molecule has 130 valence electrons. The molecule has 1 heterocycles. The maximum atomic E-state index is 12.0. The van der Waals surface area contributed by atoms with E-state index in [1.807, 2.05) is 19.9 Å². The first-order valence-electron chi connectivity index (χ1n) is 8.42. The fraction of sp³-hybridized carbons (Fsp3) is 0.350. The van der Waals surface area contributed by atoms with Gasteiger partial charge >= 0.3 is 0 Å². The molecule has 0 aromatic heterocycles. The summed E-state index contributed by atoms with van der Waals surface area (Å²) >= 11 is 0. The van der Waals surface area contributed by atoms with Crippen LogP contribution in [0.15, 0.2) is 24.3 Å². The van der Waals surface area contributed by atoms with Gasteiger partial charge in [-0.05, 0) is 68.0 Å². The zero-order valence-electron chi connectivity index (χ0n) is 15.0. The van der Waals surface area contributed by atoms with Crippen LogP contribution in [0.25, 0.3) is 0 Å². The van der Waals surface area contributed by atoms with Gasteiger partial charge in [-0.2, -0.15) is 0 Å². The molecular weight excluding hydrogens is 316 g/mol. The van der Waals surface area contributed by atoms with Gasteiger partial charge in [0.1, 0.15) is 0 Å². The number of nitro groups is 1. The predicted molar refractivity (Wildman–Crippen MR) is 98.5 cm³/mol. The topological polar surface area (TPSA) is 63.5 Å². The lowest BCUT2D eigenvalue weighted by Crippen LogP contribution is -2.22. The number of hydrogen-bond acceptors (Lipinski definition) is 4. The number of carbonyl (C=O) groups excluding carboxylic acids is 1. The van der Waals surface area contributed by atoms with E-state index in [2.05, 4.69) is 17.9 Å². The summed E-state index contributed by atoms with van der Waals surface area (Å²) in [7, 11) is 0. The monoisotopic (exact) mass is 338 g/mol. The van der Waals surface area contributed by atoms with Gasteiger partial charge in [-0.1, -0.05) is 6.07 Å². The molecule has 0 amide bonds. The molecule has 0 aliphatic carbocycles. The molecule has 3 rings (SSSR count). The third kappa shape index (κ3) is 3.02. The zero-order valence-corrected chi connectivity index (χ0v) is 15.0. The number of aryl methyl sites for hydroxylation is 2. The van der Waals surface area contributed by atoms with Crippen molar-refractivity contribution in [3.05, 3.63) is 67.8 Å².